The van der Waals surface area contributed by atoms with Crippen molar-refractivity contribution in [2.75, 3.05) is 0 Å². The van der Waals surface area contributed by atoms with Crippen LogP contribution in [0.25, 0.3) is 0 Å². The Hall–Kier alpha value is -0.930. The van der Waals surface area contributed by atoms with E-state index in [4.69, 9.17) is 11.6 Å². The summed E-state index contributed by atoms with van der Waals surface area (Å²) in [5.74, 6) is 1.00. The average molecular weight is 321 g/mol. The highest BCUT2D eigenvalue weighted by Crippen LogP contribution is 2.61. The largest absolute Gasteiger partial charge is 0.381 e. The first-order valence-corrected chi connectivity index (χ1v) is 8.64. The van der Waals surface area contributed by atoms with Gasteiger partial charge in [-0.2, -0.15) is 0 Å². The van der Waals surface area contributed by atoms with Gasteiger partial charge in [0, 0.05) is 11.8 Å². The molecule has 4 heteroatoms. The first-order chi connectivity index (χ1) is 10.4. The molecule has 3 fully saturated rings. The molecule has 0 saturated heterocycles. The molecule has 3 nitrogen and oxygen atoms in total. The van der Waals surface area contributed by atoms with Gasteiger partial charge in [0.25, 0.3) is 0 Å². The van der Waals surface area contributed by atoms with Crippen molar-refractivity contribution < 1.29 is 14.7 Å². The van der Waals surface area contributed by atoms with Crippen molar-refractivity contribution in [1.29, 1.82) is 0 Å². The molecule has 4 rings (SSSR count). The van der Waals surface area contributed by atoms with Gasteiger partial charge in [-0.05, 0) is 67.6 Å². The Morgan fingerprint density at radius 2 is 1.95 bits per heavy atom. The number of halogens is 1. The van der Waals surface area contributed by atoms with Crippen LogP contribution in [0.1, 0.15) is 45.4 Å². The molecule has 3 saturated carbocycles. The Labute approximate surface area is 135 Å². The van der Waals surface area contributed by atoms with E-state index in [0.29, 0.717) is 36.0 Å². The monoisotopic (exact) mass is 320 g/mol. The molecular formula is C18H21ClO3. The van der Waals surface area contributed by atoms with Crippen LogP contribution in [-0.4, -0.2) is 22.3 Å². The van der Waals surface area contributed by atoms with Gasteiger partial charge in [0.2, 0.25) is 0 Å². The van der Waals surface area contributed by atoms with Crippen LogP contribution in [0, 0.1) is 23.2 Å². The number of hydrogen-bond acceptors (Lipinski definition) is 3. The van der Waals surface area contributed by atoms with Gasteiger partial charge in [0.05, 0.1) is 5.03 Å². The molecule has 0 bridgehead atoms. The number of Topliss-reactive ketones (excluding diaryl/α,β-unsaturated/α-hetero) is 1. The van der Waals surface area contributed by atoms with Gasteiger partial charge in [-0.25, -0.2) is 0 Å². The van der Waals surface area contributed by atoms with Crippen LogP contribution in [0.5, 0.6) is 0 Å². The SMILES string of the molecule is C[C@]12CC[C@H]3[C@@H](CCC4=C(Cl)C(=O)C=C[C@@]43O)[C@@H]1CCC2=O. The molecule has 0 heterocycles. The predicted molar refractivity (Wildman–Crippen MR) is 83.3 cm³/mol. The second-order valence-electron chi connectivity index (χ2n) is 7.65. The van der Waals surface area contributed by atoms with Crippen molar-refractivity contribution in [1.82, 2.24) is 0 Å². The van der Waals surface area contributed by atoms with Crippen LogP contribution in [-0.2, 0) is 9.59 Å². The zero-order valence-electron chi connectivity index (χ0n) is 12.8. The molecule has 4 aliphatic carbocycles. The number of carbonyl (C=O) groups excluding carboxylic acids is 2. The Bertz CT molecular complexity index is 634. The highest BCUT2D eigenvalue weighted by Gasteiger charge is 2.59. The molecule has 0 aromatic carbocycles. The van der Waals surface area contributed by atoms with Crippen LogP contribution < -0.4 is 0 Å². The Morgan fingerprint density at radius 1 is 1.18 bits per heavy atom. The summed E-state index contributed by atoms with van der Waals surface area (Å²) in [6.07, 6.45) is 7.95. The zero-order valence-corrected chi connectivity index (χ0v) is 13.5. The molecule has 4 aliphatic rings. The molecule has 1 N–H and O–H groups in total. The van der Waals surface area contributed by atoms with Crippen molar-refractivity contribution in [3.05, 3.63) is 22.8 Å². The van der Waals surface area contributed by atoms with E-state index in [1.54, 1.807) is 6.08 Å². The lowest BCUT2D eigenvalue weighted by atomic mass is 9.51. The third kappa shape index (κ3) is 1.67. The van der Waals surface area contributed by atoms with Crippen LogP contribution in [0.3, 0.4) is 0 Å². The van der Waals surface area contributed by atoms with Crippen LogP contribution in [0.2, 0.25) is 0 Å². The normalized spacial score (nSPS) is 47.3. The maximum absolute atomic E-state index is 12.3. The molecule has 0 spiro atoms. The van der Waals surface area contributed by atoms with Crippen LogP contribution in [0.15, 0.2) is 22.8 Å². The first-order valence-electron chi connectivity index (χ1n) is 8.26. The van der Waals surface area contributed by atoms with Crippen LogP contribution >= 0.6 is 11.6 Å². The van der Waals surface area contributed by atoms with E-state index in [2.05, 4.69) is 6.92 Å². The molecule has 0 radical (unpaired) electrons. The Kier molecular flexibility index (Phi) is 3.03. The maximum atomic E-state index is 12.3. The third-order valence-electron chi connectivity index (χ3n) is 6.89. The summed E-state index contributed by atoms with van der Waals surface area (Å²) in [6.45, 7) is 2.12. The average Bonchev–Trinajstić information content (AvgIpc) is 2.79. The second-order valence-corrected chi connectivity index (χ2v) is 8.03. The van der Waals surface area contributed by atoms with E-state index in [-0.39, 0.29) is 22.1 Å². The van der Waals surface area contributed by atoms with E-state index in [1.807, 2.05) is 0 Å². The summed E-state index contributed by atoms with van der Waals surface area (Å²) in [7, 11) is 0. The number of allylic oxidation sites excluding steroid dienone is 2. The fraction of sp³-hybridized carbons (Fsp3) is 0.667. The number of fused-ring (bicyclic) bond motifs is 5. The lowest BCUT2D eigenvalue weighted by molar-refractivity contribution is -0.134. The summed E-state index contributed by atoms with van der Waals surface area (Å²) in [5, 5.41) is 11.5. The van der Waals surface area contributed by atoms with Gasteiger partial charge in [-0.15, -0.1) is 0 Å². The van der Waals surface area contributed by atoms with Crippen molar-refractivity contribution in [3.63, 3.8) is 0 Å². The highest BCUT2D eigenvalue weighted by atomic mass is 35.5. The van der Waals surface area contributed by atoms with Crippen molar-refractivity contribution >= 4 is 23.2 Å². The van der Waals surface area contributed by atoms with E-state index in [9.17, 15) is 14.7 Å². The molecule has 22 heavy (non-hydrogen) atoms. The molecule has 118 valence electrons. The minimum absolute atomic E-state index is 0.0818. The van der Waals surface area contributed by atoms with E-state index >= 15 is 0 Å². The van der Waals surface area contributed by atoms with E-state index in [0.717, 1.165) is 25.7 Å². The minimum atomic E-state index is -1.08. The number of ketones is 2. The predicted octanol–water partition coefficient (Wildman–Crippen LogP) is 3.15. The number of rotatable bonds is 0. The number of carbonyl (C=O) groups is 2. The third-order valence-corrected chi connectivity index (χ3v) is 7.31. The van der Waals surface area contributed by atoms with Crippen molar-refractivity contribution in [2.24, 2.45) is 23.2 Å². The molecule has 0 aromatic rings. The topological polar surface area (TPSA) is 54.4 Å². The molecule has 0 unspecified atom stereocenters. The first kappa shape index (κ1) is 14.6. The van der Waals surface area contributed by atoms with Crippen LogP contribution in [0.4, 0.5) is 0 Å². The zero-order chi connectivity index (χ0) is 15.7. The van der Waals surface area contributed by atoms with E-state index in [1.165, 1.54) is 6.08 Å². The van der Waals surface area contributed by atoms with Gasteiger partial charge in [-0.1, -0.05) is 18.5 Å². The summed E-state index contributed by atoms with van der Waals surface area (Å²) in [4.78, 5) is 24.1. The number of aliphatic hydroxyl groups is 1. The molecule has 0 amide bonds. The second kappa shape index (κ2) is 4.55. The van der Waals surface area contributed by atoms with Gasteiger partial charge in [0.1, 0.15) is 11.4 Å². The Balaban J connectivity index is 1.75. The maximum Gasteiger partial charge on any atom is 0.197 e. The summed E-state index contributed by atoms with van der Waals surface area (Å²) in [6, 6.07) is 0. The fourth-order valence-corrected chi connectivity index (χ4v) is 5.99. The molecular weight excluding hydrogens is 300 g/mol. The molecule has 5 atom stereocenters. The van der Waals surface area contributed by atoms with E-state index < -0.39 is 5.60 Å². The summed E-state index contributed by atoms with van der Waals surface area (Å²) < 4.78 is 0. The summed E-state index contributed by atoms with van der Waals surface area (Å²) in [5.41, 5.74) is -0.576. The standard InChI is InChI=1S/C18H21ClO3/c1-17-8-6-12-10(11(17)4-5-15(17)21)2-3-13-16(19)14(20)7-9-18(12,13)22/h7,9-12,22H,2-6,8H2,1H3/t10-,11-,12-,17-,18-/m0/s1. The lowest BCUT2D eigenvalue weighted by Crippen LogP contribution is -2.54. The highest BCUT2D eigenvalue weighted by molar-refractivity contribution is 6.45. The quantitative estimate of drug-likeness (QED) is 0.746. The van der Waals surface area contributed by atoms with Crippen molar-refractivity contribution in [3.8, 4) is 0 Å². The van der Waals surface area contributed by atoms with Gasteiger partial charge in [-0.3, -0.25) is 9.59 Å². The lowest BCUT2D eigenvalue weighted by Gasteiger charge is -2.54. The van der Waals surface area contributed by atoms with Gasteiger partial charge in [0.15, 0.2) is 5.78 Å². The minimum Gasteiger partial charge on any atom is -0.381 e. The summed E-state index contributed by atoms with van der Waals surface area (Å²) >= 11 is 6.19. The van der Waals surface area contributed by atoms with Crippen molar-refractivity contribution in [2.45, 2.75) is 51.0 Å². The fourth-order valence-electron chi connectivity index (χ4n) is 5.68. The molecule has 0 aliphatic heterocycles. The smallest absolute Gasteiger partial charge is 0.197 e. The van der Waals surface area contributed by atoms with Gasteiger partial charge >= 0.3 is 0 Å². The Morgan fingerprint density at radius 3 is 2.73 bits per heavy atom. The number of hydrogen-bond donors (Lipinski definition) is 1. The van der Waals surface area contributed by atoms with Gasteiger partial charge < -0.3 is 5.11 Å². The molecule has 0 aromatic heterocycles.